The third kappa shape index (κ3) is 6.70. The molecule has 1 aromatic carbocycles. The van der Waals surface area contributed by atoms with Crippen molar-refractivity contribution in [1.29, 1.82) is 0 Å². The number of halogens is 10. The Balaban J connectivity index is 0.00000392. The monoisotopic (exact) mass is 444 g/mol. The maximum atomic E-state index is 13.4. The highest BCUT2D eigenvalue weighted by atomic mass is 35.5. The number of hydrogen-bond acceptors (Lipinski definition) is 2. The highest BCUT2D eigenvalue weighted by Crippen LogP contribution is 2.42. The van der Waals surface area contributed by atoms with Gasteiger partial charge in [0.1, 0.15) is 0 Å². The molecule has 1 N–H and O–H groups in total. The summed E-state index contributed by atoms with van der Waals surface area (Å²) in [7, 11) is 0. The van der Waals surface area contributed by atoms with Gasteiger partial charge in [-0.15, -0.1) is 12.4 Å². The van der Waals surface area contributed by atoms with Gasteiger partial charge >= 0.3 is 18.5 Å². The Morgan fingerprint density at radius 1 is 0.893 bits per heavy atom. The average Bonchev–Trinajstić information content (AvgIpc) is 2.53. The summed E-state index contributed by atoms with van der Waals surface area (Å²) in [5, 5.41) is 2.93. The van der Waals surface area contributed by atoms with Crippen LogP contribution in [-0.4, -0.2) is 37.3 Å². The molecule has 0 spiro atoms. The highest BCUT2D eigenvalue weighted by Gasteiger charge is 2.41. The molecule has 12 heteroatoms. The zero-order valence-corrected chi connectivity index (χ0v) is 15.1. The molecule has 0 unspecified atom stereocenters. The molecule has 1 saturated heterocycles. The quantitative estimate of drug-likeness (QED) is 0.623. The second-order valence-electron chi connectivity index (χ2n) is 6.25. The van der Waals surface area contributed by atoms with E-state index in [0.29, 0.717) is 25.2 Å². The van der Waals surface area contributed by atoms with Crippen molar-refractivity contribution in [3.63, 3.8) is 0 Å². The lowest BCUT2D eigenvalue weighted by atomic mass is 9.92. The Labute approximate surface area is 161 Å². The fraction of sp³-hybridized carbons (Fsp3) is 0.625. The molecule has 1 fully saturated rings. The molecule has 0 radical (unpaired) electrons. The second-order valence-corrected chi connectivity index (χ2v) is 6.25. The van der Waals surface area contributed by atoms with E-state index in [1.165, 1.54) is 4.90 Å². The van der Waals surface area contributed by atoms with Crippen LogP contribution >= 0.6 is 12.4 Å². The maximum absolute atomic E-state index is 13.4. The molecule has 0 bridgehead atoms. The van der Waals surface area contributed by atoms with Gasteiger partial charge in [0, 0.05) is 38.6 Å². The summed E-state index contributed by atoms with van der Waals surface area (Å²) in [6, 6.07) is -0.187. The van der Waals surface area contributed by atoms with Crippen molar-refractivity contribution in [2.45, 2.75) is 37.4 Å². The predicted octanol–water partition coefficient (Wildman–Crippen LogP) is 5.43. The third-order valence-corrected chi connectivity index (χ3v) is 4.34. The van der Waals surface area contributed by atoms with Gasteiger partial charge in [-0.1, -0.05) is 6.07 Å². The highest BCUT2D eigenvalue weighted by molar-refractivity contribution is 5.85. The molecule has 2 rings (SSSR count). The van der Waals surface area contributed by atoms with E-state index in [0.717, 1.165) is 0 Å². The first-order valence-electron chi connectivity index (χ1n) is 8.09. The van der Waals surface area contributed by atoms with Gasteiger partial charge in [0.15, 0.2) is 0 Å². The van der Waals surface area contributed by atoms with Crippen LogP contribution in [0.4, 0.5) is 39.5 Å². The van der Waals surface area contributed by atoms with Gasteiger partial charge in [0.05, 0.1) is 11.1 Å². The average molecular weight is 445 g/mol. The number of nitrogens with one attached hydrogen (secondary N) is 1. The van der Waals surface area contributed by atoms with Gasteiger partial charge < -0.3 is 5.32 Å². The minimum absolute atomic E-state index is 0. The van der Waals surface area contributed by atoms with Crippen LogP contribution in [0.3, 0.4) is 0 Å². The van der Waals surface area contributed by atoms with Crippen molar-refractivity contribution in [2.24, 2.45) is 0 Å². The summed E-state index contributed by atoms with van der Waals surface area (Å²) < 4.78 is 117. The van der Waals surface area contributed by atoms with Crippen molar-refractivity contribution >= 4 is 12.4 Å². The Morgan fingerprint density at radius 2 is 1.46 bits per heavy atom. The lowest BCUT2D eigenvalue weighted by molar-refractivity contribution is -0.144. The molecule has 1 aliphatic rings. The number of alkyl halides is 9. The summed E-state index contributed by atoms with van der Waals surface area (Å²) >= 11 is 0. The van der Waals surface area contributed by atoms with Gasteiger partial charge in [0.2, 0.25) is 0 Å². The molecule has 1 atom stereocenters. The first-order chi connectivity index (χ1) is 12.3. The van der Waals surface area contributed by atoms with E-state index < -0.39 is 54.1 Å². The van der Waals surface area contributed by atoms with Gasteiger partial charge in [-0.25, -0.2) is 0 Å². The molecule has 2 nitrogen and oxygen atoms in total. The standard InChI is InChI=1S/C16H17F9N2.ClH/c17-14(18,19)4-3-13(27-7-5-26-6-8-27)11-2-1-10(15(20,21)22)9-12(11)16(23,24)25;/h1-2,9,13,26H,3-8H2;1H/t13-;/m0./s1. The molecule has 0 aromatic heterocycles. The van der Waals surface area contributed by atoms with E-state index >= 15 is 0 Å². The Bertz CT molecular complexity index is 634. The largest absolute Gasteiger partial charge is 0.416 e. The summed E-state index contributed by atoms with van der Waals surface area (Å²) in [5.74, 6) is 0. The summed E-state index contributed by atoms with van der Waals surface area (Å²) in [6.45, 7) is 1.12. The van der Waals surface area contributed by atoms with Crippen LogP contribution in [0, 0.1) is 0 Å². The summed E-state index contributed by atoms with van der Waals surface area (Å²) in [4.78, 5) is 1.44. The van der Waals surface area contributed by atoms with Gasteiger partial charge in [-0.2, -0.15) is 39.5 Å². The molecule has 0 aliphatic carbocycles. The van der Waals surface area contributed by atoms with E-state index in [1.54, 1.807) is 0 Å². The zero-order valence-electron chi connectivity index (χ0n) is 14.3. The zero-order chi connectivity index (χ0) is 20.5. The Hall–Kier alpha value is -1.20. The molecule has 0 amide bonds. The van der Waals surface area contributed by atoms with E-state index in [9.17, 15) is 39.5 Å². The maximum Gasteiger partial charge on any atom is 0.416 e. The number of hydrogen-bond donors (Lipinski definition) is 1. The van der Waals surface area contributed by atoms with Crippen LogP contribution in [0.5, 0.6) is 0 Å². The van der Waals surface area contributed by atoms with Crippen LogP contribution in [-0.2, 0) is 12.4 Å². The minimum Gasteiger partial charge on any atom is -0.314 e. The number of nitrogens with zero attached hydrogens (tertiary/aromatic N) is 1. The van der Waals surface area contributed by atoms with Crippen LogP contribution in [0.25, 0.3) is 0 Å². The van der Waals surface area contributed by atoms with Crippen LogP contribution in [0.1, 0.15) is 35.6 Å². The van der Waals surface area contributed by atoms with Gasteiger partial charge in [0.25, 0.3) is 0 Å². The minimum atomic E-state index is -5.12. The number of benzene rings is 1. The van der Waals surface area contributed by atoms with E-state index in [1.807, 2.05) is 0 Å². The van der Waals surface area contributed by atoms with Crippen LogP contribution in [0.15, 0.2) is 18.2 Å². The number of rotatable bonds is 4. The number of piperazine rings is 1. The molecular formula is C16H18ClF9N2. The summed E-state index contributed by atoms with van der Waals surface area (Å²) in [5.41, 5.74) is -3.61. The van der Waals surface area contributed by atoms with Crippen molar-refractivity contribution < 1.29 is 39.5 Å². The molecule has 28 heavy (non-hydrogen) atoms. The molecule has 0 saturated carbocycles. The third-order valence-electron chi connectivity index (χ3n) is 4.34. The normalized spacial score (nSPS) is 17.9. The smallest absolute Gasteiger partial charge is 0.314 e. The topological polar surface area (TPSA) is 15.3 Å². The molecule has 1 aromatic rings. The van der Waals surface area contributed by atoms with Crippen molar-refractivity contribution in [3.8, 4) is 0 Å². The SMILES string of the molecule is Cl.FC(F)(F)CC[C@@H](c1ccc(C(F)(F)F)cc1C(F)(F)F)N1CCNCC1. The van der Waals surface area contributed by atoms with Crippen LogP contribution < -0.4 is 5.32 Å². The lowest BCUT2D eigenvalue weighted by Crippen LogP contribution is -2.45. The van der Waals surface area contributed by atoms with Gasteiger partial charge in [-0.3, -0.25) is 4.90 Å². The van der Waals surface area contributed by atoms with Crippen molar-refractivity contribution in [1.82, 2.24) is 10.2 Å². The predicted molar refractivity (Wildman–Crippen MR) is 86.2 cm³/mol. The molecule has 162 valence electrons. The van der Waals surface area contributed by atoms with Crippen LogP contribution in [0.2, 0.25) is 0 Å². The molecular weight excluding hydrogens is 427 g/mol. The lowest BCUT2D eigenvalue weighted by Gasteiger charge is -2.36. The Morgan fingerprint density at radius 3 is 1.93 bits per heavy atom. The van der Waals surface area contributed by atoms with Crippen molar-refractivity contribution in [2.75, 3.05) is 26.2 Å². The molecule has 1 aliphatic heterocycles. The second kappa shape index (κ2) is 9.08. The van der Waals surface area contributed by atoms with Gasteiger partial charge in [-0.05, 0) is 24.1 Å². The Kier molecular flexibility index (Phi) is 8.06. The summed E-state index contributed by atoms with van der Waals surface area (Å²) in [6.07, 6.45) is -16.7. The fourth-order valence-corrected chi connectivity index (χ4v) is 3.10. The van der Waals surface area contributed by atoms with Crippen molar-refractivity contribution in [3.05, 3.63) is 34.9 Å². The first kappa shape index (κ1) is 24.8. The van der Waals surface area contributed by atoms with E-state index in [2.05, 4.69) is 5.32 Å². The molecule has 1 heterocycles. The van der Waals surface area contributed by atoms with E-state index in [-0.39, 0.29) is 31.6 Å². The first-order valence-corrected chi connectivity index (χ1v) is 8.09. The fourth-order valence-electron chi connectivity index (χ4n) is 3.10. The van der Waals surface area contributed by atoms with E-state index in [4.69, 9.17) is 0 Å².